The van der Waals surface area contributed by atoms with E-state index in [1.807, 2.05) is 26.0 Å². The van der Waals surface area contributed by atoms with Crippen LogP contribution in [0.1, 0.15) is 48.3 Å². The highest BCUT2D eigenvalue weighted by Gasteiger charge is 2.43. The summed E-state index contributed by atoms with van der Waals surface area (Å²) in [4.78, 5) is 37.3. The van der Waals surface area contributed by atoms with Crippen LogP contribution in [0.5, 0.6) is 0 Å². The van der Waals surface area contributed by atoms with Crippen molar-refractivity contribution in [3.63, 3.8) is 0 Å². The maximum Gasteiger partial charge on any atom is 0.220 e. The molecule has 2 fully saturated rings. The minimum atomic E-state index is -0.709. The highest BCUT2D eigenvalue weighted by Crippen LogP contribution is 2.38. The van der Waals surface area contributed by atoms with Gasteiger partial charge in [0, 0.05) is 29.8 Å². The molecule has 0 aliphatic heterocycles. The monoisotopic (exact) mass is 391 g/mol. The van der Waals surface area contributed by atoms with Crippen LogP contribution in [-0.2, 0) is 14.4 Å². The number of carbonyl (C=O) groups excluding carboxylic acids is 3. The molecule has 1 aromatic rings. The first kappa shape index (κ1) is 17.3. The van der Waals surface area contributed by atoms with Gasteiger partial charge in [-0.25, -0.2) is 0 Å². The zero-order valence-corrected chi connectivity index (χ0v) is 15.6. The summed E-state index contributed by atoms with van der Waals surface area (Å²) in [6.45, 7) is 4.54. The van der Waals surface area contributed by atoms with Gasteiger partial charge in [-0.3, -0.25) is 14.4 Å². The smallest absolute Gasteiger partial charge is 0.220 e. The molecule has 3 rings (SSSR count). The van der Waals surface area contributed by atoms with Crippen molar-refractivity contribution < 1.29 is 14.4 Å². The van der Waals surface area contributed by atoms with Crippen molar-refractivity contribution in [2.24, 2.45) is 11.8 Å². The Morgan fingerprint density at radius 3 is 2.42 bits per heavy atom. The highest BCUT2D eigenvalue weighted by atomic mass is 79.9. The molecule has 24 heavy (non-hydrogen) atoms. The molecule has 1 amide bonds. The lowest BCUT2D eigenvalue weighted by Gasteiger charge is -2.16. The van der Waals surface area contributed by atoms with E-state index in [1.54, 1.807) is 0 Å². The maximum absolute atomic E-state index is 12.8. The number of carbonyl (C=O) groups is 3. The van der Waals surface area contributed by atoms with Gasteiger partial charge in [-0.15, -0.1) is 0 Å². The van der Waals surface area contributed by atoms with Gasteiger partial charge in [0.25, 0.3) is 0 Å². The first-order valence-corrected chi connectivity index (χ1v) is 9.26. The van der Waals surface area contributed by atoms with Crippen LogP contribution in [0.15, 0.2) is 16.6 Å². The van der Waals surface area contributed by atoms with Crippen LogP contribution in [0.25, 0.3) is 0 Å². The van der Waals surface area contributed by atoms with Crippen LogP contribution in [-0.4, -0.2) is 24.0 Å². The molecule has 1 N–H and O–H groups in total. The minimum Gasteiger partial charge on any atom is -0.356 e. The molecule has 2 aliphatic carbocycles. The second kappa shape index (κ2) is 6.79. The summed E-state index contributed by atoms with van der Waals surface area (Å²) in [5.41, 5.74) is 2.69. The zero-order chi connectivity index (χ0) is 17.4. The fraction of sp³-hybridized carbons (Fsp3) is 0.526. The summed E-state index contributed by atoms with van der Waals surface area (Å²) >= 11 is 3.44. The van der Waals surface area contributed by atoms with Crippen molar-refractivity contribution in [1.29, 1.82) is 0 Å². The largest absolute Gasteiger partial charge is 0.356 e. The Bertz CT molecular complexity index is 686. The van der Waals surface area contributed by atoms with E-state index in [2.05, 4.69) is 21.2 Å². The second-order valence-electron chi connectivity index (χ2n) is 7.11. The molecule has 4 nitrogen and oxygen atoms in total. The molecule has 0 radical (unpaired) electrons. The van der Waals surface area contributed by atoms with E-state index in [0.29, 0.717) is 12.5 Å². The molecule has 0 heterocycles. The van der Waals surface area contributed by atoms with Gasteiger partial charge in [-0.05, 0) is 61.4 Å². The van der Waals surface area contributed by atoms with Crippen LogP contribution >= 0.6 is 15.9 Å². The predicted molar refractivity (Wildman–Crippen MR) is 94.8 cm³/mol. The first-order chi connectivity index (χ1) is 11.4. The lowest BCUT2D eigenvalue weighted by atomic mass is 9.87. The van der Waals surface area contributed by atoms with Gasteiger partial charge in [0.05, 0.1) is 0 Å². The van der Waals surface area contributed by atoms with Gasteiger partial charge in [0.15, 0.2) is 5.78 Å². The Morgan fingerprint density at radius 1 is 1.21 bits per heavy atom. The van der Waals surface area contributed by atoms with Crippen molar-refractivity contribution in [3.8, 4) is 0 Å². The standard InChI is InChI=1S/C19H22BrNO3/c1-10-5-14(20)6-11(2)17(10)18-15(22)7-13(19(18)24)8-16(23)21-9-12-3-4-12/h5-6,12-13,18H,3-4,7-9H2,1-2H3,(H,21,23). The molecule has 0 bridgehead atoms. The third kappa shape index (κ3) is 3.61. The van der Waals surface area contributed by atoms with E-state index in [-0.39, 0.29) is 30.3 Å². The molecule has 0 spiro atoms. The van der Waals surface area contributed by atoms with Gasteiger partial charge in [0.1, 0.15) is 11.7 Å². The van der Waals surface area contributed by atoms with E-state index in [1.165, 1.54) is 12.8 Å². The summed E-state index contributed by atoms with van der Waals surface area (Å²) in [6, 6.07) is 3.86. The molecule has 2 unspecified atom stereocenters. The van der Waals surface area contributed by atoms with Crippen molar-refractivity contribution in [2.45, 2.75) is 45.4 Å². The number of rotatable bonds is 5. The van der Waals surface area contributed by atoms with Crippen molar-refractivity contribution in [3.05, 3.63) is 33.3 Å². The molecule has 0 aromatic heterocycles. The molecular formula is C19H22BrNO3. The zero-order valence-electron chi connectivity index (χ0n) is 14.0. The van der Waals surface area contributed by atoms with Crippen LogP contribution in [0.2, 0.25) is 0 Å². The Balaban J connectivity index is 1.73. The number of Topliss-reactive ketones (excluding diaryl/α,β-unsaturated/α-hetero) is 2. The van der Waals surface area contributed by atoms with Crippen LogP contribution in [0.4, 0.5) is 0 Å². The number of benzene rings is 1. The number of halogens is 1. The van der Waals surface area contributed by atoms with Gasteiger partial charge in [-0.1, -0.05) is 15.9 Å². The molecule has 5 heteroatoms. The fourth-order valence-corrected chi connectivity index (χ4v) is 4.27. The number of hydrogen-bond donors (Lipinski definition) is 1. The molecule has 2 aliphatic rings. The van der Waals surface area contributed by atoms with Gasteiger partial charge in [0.2, 0.25) is 5.91 Å². The number of ketones is 2. The molecule has 2 saturated carbocycles. The Labute approximate surface area is 150 Å². The third-order valence-electron chi connectivity index (χ3n) is 5.02. The Morgan fingerprint density at radius 2 is 1.83 bits per heavy atom. The quantitative estimate of drug-likeness (QED) is 0.783. The van der Waals surface area contributed by atoms with E-state index in [9.17, 15) is 14.4 Å². The van der Waals surface area contributed by atoms with Gasteiger partial charge >= 0.3 is 0 Å². The fourth-order valence-electron chi connectivity index (χ4n) is 3.58. The van der Waals surface area contributed by atoms with Gasteiger partial charge < -0.3 is 5.32 Å². The number of hydrogen-bond acceptors (Lipinski definition) is 3. The summed E-state index contributed by atoms with van der Waals surface area (Å²) in [5, 5.41) is 2.88. The second-order valence-corrected chi connectivity index (χ2v) is 8.02. The van der Waals surface area contributed by atoms with E-state index < -0.39 is 11.8 Å². The minimum absolute atomic E-state index is 0.0616. The average molecular weight is 392 g/mol. The van der Waals surface area contributed by atoms with E-state index in [0.717, 1.165) is 21.2 Å². The highest BCUT2D eigenvalue weighted by molar-refractivity contribution is 9.10. The molecule has 0 saturated heterocycles. The Hall–Kier alpha value is -1.49. The van der Waals surface area contributed by atoms with Crippen LogP contribution < -0.4 is 5.32 Å². The van der Waals surface area contributed by atoms with Crippen molar-refractivity contribution in [1.82, 2.24) is 5.32 Å². The third-order valence-corrected chi connectivity index (χ3v) is 5.48. The van der Waals surface area contributed by atoms with Crippen molar-refractivity contribution >= 4 is 33.4 Å². The number of aryl methyl sites for hydroxylation is 2. The Kier molecular flexibility index (Phi) is 4.90. The summed E-state index contributed by atoms with van der Waals surface area (Å²) in [6.07, 6.45) is 2.65. The van der Waals surface area contributed by atoms with Crippen LogP contribution in [0, 0.1) is 25.7 Å². The molecular weight excluding hydrogens is 370 g/mol. The summed E-state index contributed by atoms with van der Waals surface area (Å²) in [5.74, 6) is -0.860. The molecule has 2 atom stereocenters. The van der Waals surface area contributed by atoms with Gasteiger partial charge in [-0.2, -0.15) is 0 Å². The maximum atomic E-state index is 12.8. The number of amides is 1. The first-order valence-electron chi connectivity index (χ1n) is 8.46. The van der Waals surface area contributed by atoms with Crippen LogP contribution in [0.3, 0.4) is 0 Å². The van der Waals surface area contributed by atoms with E-state index in [4.69, 9.17) is 0 Å². The molecule has 128 valence electrons. The lowest BCUT2D eigenvalue weighted by molar-refractivity contribution is -0.128. The topological polar surface area (TPSA) is 63.2 Å². The summed E-state index contributed by atoms with van der Waals surface area (Å²) < 4.78 is 0.940. The molecule has 1 aromatic carbocycles. The summed E-state index contributed by atoms with van der Waals surface area (Å²) in [7, 11) is 0. The lowest BCUT2D eigenvalue weighted by Crippen LogP contribution is -2.29. The number of nitrogens with one attached hydrogen (secondary N) is 1. The van der Waals surface area contributed by atoms with E-state index >= 15 is 0 Å². The normalized spacial score (nSPS) is 23.6. The SMILES string of the molecule is Cc1cc(Br)cc(C)c1C1C(=O)CC(CC(=O)NCC2CC2)C1=O. The van der Waals surface area contributed by atoms with Crippen molar-refractivity contribution in [2.75, 3.05) is 6.54 Å². The predicted octanol–water partition coefficient (Wildman–Crippen LogP) is 3.22. The average Bonchev–Trinajstić information content (AvgIpc) is 3.27.